The van der Waals surface area contributed by atoms with Crippen molar-refractivity contribution in [3.05, 3.63) is 158 Å². The van der Waals surface area contributed by atoms with Crippen molar-refractivity contribution in [2.24, 2.45) is 0 Å². The van der Waals surface area contributed by atoms with Gasteiger partial charge in [-0.05, 0) is 57.8 Å². The molecule has 0 saturated heterocycles. The molecule has 232 valence electrons. The lowest BCUT2D eigenvalue weighted by molar-refractivity contribution is 0.658. The number of nitrogens with zero attached hydrogens (tertiary/aromatic N) is 2. The number of fused-ring (bicyclic) bond motifs is 12. The zero-order valence-corrected chi connectivity index (χ0v) is 26.7. The van der Waals surface area contributed by atoms with Crippen molar-refractivity contribution in [1.82, 2.24) is 9.97 Å². The Morgan fingerprint density at radius 1 is 0.360 bits per heavy atom. The van der Waals surface area contributed by atoms with Crippen LogP contribution in [0.5, 0.6) is 0 Å². The number of aromatic nitrogens is 2. The summed E-state index contributed by atoms with van der Waals surface area (Å²) in [5, 5.41) is 8.95. The first-order chi connectivity index (χ1) is 24.8. The van der Waals surface area contributed by atoms with Crippen LogP contribution in [-0.2, 0) is 0 Å². The Labute approximate surface area is 285 Å². The Balaban J connectivity index is 1.09. The van der Waals surface area contributed by atoms with Crippen LogP contribution in [0.1, 0.15) is 0 Å². The molecule has 0 amide bonds. The van der Waals surface area contributed by atoms with Gasteiger partial charge in [-0.2, -0.15) is 0 Å². The monoisotopic (exact) mass is 638 g/mol. The summed E-state index contributed by atoms with van der Waals surface area (Å²) in [7, 11) is 0. The zero-order valence-electron chi connectivity index (χ0n) is 26.7. The lowest BCUT2D eigenvalue weighted by Crippen LogP contribution is -1.92. The van der Waals surface area contributed by atoms with Crippen LogP contribution in [0, 0.1) is 0 Å². The van der Waals surface area contributed by atoms with Crippen molar-refractivity contribution in [1.29, 1.82) is 0 Å². The molecule has 3 heterocycles. The smallest absolute Gasteiger partial charge is 0.147 e. The summed E-state index contributed by atoms with van der Waals surface area (Å²) >= 11 is 0. The standard InChI is InChI=1S/C46H26N2O2/c1-3-19-35-31(15-1)32-16-2-4-20-36(32)44-43(35)47-26-39(48-44)29-13-9-11-27(23-29)28-12-10-14-30(24-28)42-45-37(33-17-5-7-21-40(33)49-45)25-38-34-18-6-8-22-41(34)50-46(38)42/h1-26H. The average molecular weight is 639 g/mol. The highest BCUT2D eigenvalue weighted by atomic mass is 16.3. The highest BCUT2D eigenvalue weighted by Gasteiger charge is 2.21. The molecule has 8 aromatic carbocycles. The van der Waals surface area contributed by atoms with E-state index in [2.05, 4.69) is 127 Å². The van der Waals surface area contributed by atoms with Crippen molar-refractivity contribution in [2.45, 2.75) is 0 Å². The minimum Gasteiger partial charge on any atom is -0.455 e. The molecule has 0 radical (unpaired) electrons. The summed E-state index contributed by atoms with van der Waals surface area (Å²) in [6.45, 7) is 0. The Kier molecular flexibility index (Phi) is 5.63. The molecule has 0 bridgehead atoms. The van der Waals surface area contributed by atoms with Gasteiger partial charge in [0.2, 0.25) is 0 Å². The number of para-hydroxylation sites is 2. The van der Waals surface area contributed by atoms with E-state index in [0.717, 1.165) is 99.2 Å². The van der Waals surface area contributed by atoms with Crippen LogP contribution in [-0.4, -0.2) is 9.97 Å². The molecule has 0 saturated carbocycles. The largest absolute Gasteiger partial charge is 0.455 e. The molecular formula is C46H26N2O2. The highest BCUT2D eigenvalue weighted by molar-refractivity contribution is 6.24. The minimum atomic E-state index is 0.829. The Morgan fingerprint density at radius 2 is 0.840 bits per heavy atom. The second kappa shape index (κ2) is 10.4. The van der Waals surface area contributed by atoms with Gasteiger partial charge < -0.3 is 8.83 Å². The number of hydrogen-bond acceptors (Lipinski definition) is 4. The Hall–Kier alpha value is -6.78. The Morgan fingerprint density at radius 3 is 1.46 bits per heavy atom. The molecule has 4 nitrogen and oxygen atoms in total. The van der Waals surface area contributed by atoms with Gasteiger partial charge in [0.15, 0.2) is 0 Å². The first kappa shape index (κ1) is 27.2. The summed E-state index contributed by atoms with van der Waals surface area (Å²) in [5.74, 6) is 0. The average Bonchev–Trinajstić information content (AvgIpc) is 3.75. The molecule has 0 aliphatic heterocycles. The van der Waals surface area contributed by atoms with E-state index in [1.165, 1.54) is 10.8 Å². The van der Waals surface area contributed by atoms with E-state index < -0.39 is 0 Å². The molecule has 4 heteroatoms. The molecule has 3 aromatic heterocycles. The van der Waals surface area contributed by atoms with Crippen molar-refractivity contribution in [3.8, 4) is 33.5 Å². The predicted octanol–water partition coefficient (Wildman–Crippen LogP) is 12.7. The van der Waals surface area contributed by atoms with Crippen molar-refractivity contribution in [2.75, 3.05) is 0 Å². The molecule has 11 aromatic rings. The van der Waals surface area contributed by atoms with E-state index >= 15 is 0 Å². The normalized spacial score (nSPS) is 12.0. The van der Waals surface area contributed by atoms with Gasteiger partial charge in [0.05, 0.1) is 28.5 Å². The fourth-order valence-corrected chi connectivity index (χ4v) is 7.77. The highest BCUT2D eigenvalue weighted by Crippen LogP contribution is 2.45. The number of furan rings is 2. The van der Waals surface area contributed by atoms with E-state index in [1.54, 1.807) is 0 Å². The fourth-order valence-electron chi connectivity index (χ4n) is 7.77. The zero-order chi connectivity index (χ0) is 32.8. The second-order valence-electron chi connectivity index (χ2n) is 12.9. The lowest BCUT2D eigenvalue weighted by atomic mass is 9.95. The molecule has 0 spiro atoms. The van der Waals surface area contributed by atoms with Gasteiger partial charge in [-0.15, -0.1) is 0 Å². The number of benzene rings is 8. The first-order valence-corrected chi connectivity index (χ1v) is 16.8. The topological polar surface area (TPSA) is 52.1 Å². The summed E-state index contributed by atoms with van der Waals surface area (Å²) in [6.07, 6.45) is 1.90. The maximum absolute atomic E-state index is 6.58. The molecular weight excluding hydrogens is 613 g/mol. The van der Waals surface area contributed by atoms with E-state index in [0.29, 0.717) is 0 Å². The molecule has 11 rings (SSSR count). The van der Waals surface area contributed by atoms with Gasteiger partial charge in [0.25, 0.3) is 0 Å². The second-order valence-corrected chi connectivity index (χ2v) is 12.9. The Bertz CT molecular complexity index is 3040. The minimum absolute atomic E-state index is 0.829. The van der Waals surface area contributed by atoms with E-state index in [9.17, 15) is 0 Å². The van der Waals surface area contributed by atoms with Gasteiger partial charge in [-0.1, -0.05) is 121 Å². The quantitative estimate of drug-likeness (QED) is 0.181. The molecule has 50 heavy (non-hydrogen) atoms. The van der Waals surface area contributed by atoms with E-state index in [4.69, 9.17) is 18.8 Å². The molecule has 0 aliphatic rings. The van der Waals surface area contributed by atoms with Gasteiger partial charge in [-0.25, -0.2) is 4.98 Å². The summed E-state index contributed by atoms with van der Waals surface area (Å²) in [4.78, 5) is 10.2. The molecule has 0 unspecified atom stereocenters. The van der Waals surface area contributed by atoms with Gasteiger partial charge in [0, 0.05) is 37.9 Å². The maximum Gasteiger partial charge on any atom is 0.147 e. The van der Waals surface area contributed by atoms with Gasteiger partial charge >= 0.3 is 0 Å². The third-order valence-corrected chi connectivity index (χ3v) is 10.1. The van der Waals surface area contributed by atoms with E-state index in [1.807, 2.05) is 30.5 Å². The van der Waals surface area contributed by atoms with Crippen LogP contribution in [0.2, 0.25) is 0 Å². The predicted molar refractivity (Wildman–Crippen MR) is 205 cm³/mol. The van der Waals surface area contributed by atoms with Gasteiger partial charge in [0.1, 0.15) is 22.3 Å². The SMILES string of the molecule is c1cc(-c2cccc(-c3c4oc5ccccc5c4cc4c3oc3ccccc34)c2)cc(-c2cnc3c4ccccc4c4ccccc4c3n2)c1. The first-order valence-electron chi connectivity index (χ1n) is 16.8. The number of rotatable bonds is 3. The van der Waals surface area contributed by atoms with Crippen LogP contribution >= 0.6 is 0 Å². The van der Waals surface area contributed by atoms with Crippen LogP contribution in [0.15, 0.2) is 167 Å². The van der Waals surface area contributed by atoms with Crippen LogP contribution < -0.4 is 0 Å². The van der Waals surface area contributed by atoms with Crippen LogP contribution in [0.4, 0.5) is 0 Å². The molecule has 0 aliphatic carbocycles. The molecule has 0 atom stereocenters. The fraction of sp³-hybridized carbons (Fsp3) is 0. The van der Waals surface area contributed by atoms with Crippen molar-refractivity contribution < 1.29 is 8.83 Å². The third-order valence-electron chi connectivity index (χ3n) is 10.1. The molecule has 0 N–H and O–H groups in total. The van der Waals surface area contributed by atoms with Crippen LogP contribution in [0.25, 0.3) is 110 Å². The van der Waals surface area contributed by atoms with Crippen molar-refractivity contribution >= 4 is 76.5 Å². The summed E-state index contributed by atoms with van der Waals surface area (Å²) in [6, 6.07) is 52.8. The van der Waals surface area contributed by atoms with Crippen LogP contribution in [0.3, 0.4) is 0 Å². The van der Waals surface area contributed by atoms with Crippen molar-refractivity contribution in [3.63, 3.8) is 0 Å². The summed E-state index contributed by atoms with van der Waals surface area (Å²) < 4.78 is 13.2. The third kappa shape index (κ3) is 3.93. The summed E-state index contributed by atoms with van der Waals surface area (Å²) in [5.41, 5.74) is 11.2. The van der Waals surface area contributed by atoms with Gasteiger partial charge in [-0.3, -0.25) is 4.98 Å². The number of hydrogen-bond donors (Lipinski definition) is 0. The molecule has 0 fully saturated rings. The maximum atomic E-state index is 6.58. The lowest BCUT2D eigenvalue weighted by Gasteiger charge is -2.11. The van der Waals surface area contributed by atoms with E-state index in [-0.39, 0.29) is 0 Å².